The van der Waals surface area contributed by atoms with Crippen molar-refractivity contribution in [1.82, 2.24) is 10.6 Å². The first-order valence-corrected chi connectivity index (χ1v) is 3.62. The molecule has 1 heterocycles. The van der Waals surface area contributed by atoms with Crippen LogP contribution in [0.3, 0.4) is 0 Å². The number of nitrogens with one attached hydrogen (secondary N) is 2. The van der Waals surface area contributed by atoms with Crippen LogP contribution in [-0.2, 0) is 9.59 Å². The van der Waals surface area contributed by atoms with E-state index in [1.165, 1.54) is 0 Å². The van der Waals surface area contributed by atoms with Gasteiger partial charge in [-0.15, -0.1) is 0 Å². The molecule has 0 bridgehead atoms. The number of amides is 2. The molecule has 0 radical (unpaired) electrons. The number of carbonyl (C=O) groups is 2. The number of thiol groups is 2. The third kappa shape index (κ3) is 1.38. The smallest absolute Gasteiger partial charge is 0.310 e. The van der Waals surface area contributed by atoms with Crippen molar-refractivity contribution >= 4 is 37.1 Å². The van der Waals surface area contributed by atoms with Crippen molar-refractivity contribution in [1.29, 1.82) is 0 Å². The highest BCUT2D eigenvalue weighted by Gasteiger charge is 2.28. The van der Waals surface area contributed by atoms with Crippen LogP contribution in [0.4, 0.5) is 0 Å². The Hall–Kier alpha value is -0.360. The fraction of sp³-hybridized carbons (Fsp3) is 0.500. The molecule has 0 saturated carbocycles. The summed E-state index contributed by atoms with van der Waals surface area (Å²) in [6.07, 6.45) is 0. The van der Waals surface area contributed by atoms with E-state index in [0.717, 1.165) is 0 Å². The second-order valence-corrected chi connectivity index (χ2v) is 2.95. The maximum atomic E-state index is 10.5. The van der Waals surface area contributed by atoms with Crippen LogP contribution in [0.15, 0.2) is 0 Å². The van der Waals surface area contributed by atoms with Crippen molar-refractivity contribution in [3.8, 4) is 0 Å². The number of hydrogen-bond acceptors (Lipinski definition) is 4. The highest BCUT2D eigenvalue weighted by Crippen LogP contribution is 2.05. The predicted octanol–water partition coefficient (Wildman–Crippen LogP) is -1.26. The lowest BCUT2D eigenvalue weighted by Gasteiger charge is -2.25. The summed E-state index contributed by atoms with van der Waals surface area (Å²) in [5.74, 6) is -1.32. The van der Waals surface area contributed by atoms with Crippen LogP contribution in [0.1, 0.15) is 0 Å². The zero-order valence-corrected chi connectivity index (χ0v) is 6.65. The molecular formula is C4H6N2O2S2. The Bertz CT molecular complexity index is 164. The highest BCUT2D eigenvalue weighted by molar-refractivity contribution is 7.85. The normalized spacial score (nSPS) is 33.0. The van der Waals surface area contributed by atoms with E-state index in [1.54, 1.807) is 0 Å². The third-order valence-corrected chi connectivity index (χ3v) is 2.15. The average Bonchev–Trinajstić information content (AvgIpc) is 1.84. The Labute approximate surface area is 68.6 Å². The van der Waals surface area contributed by atoms with Gasteiger partial charge in [0.25, 0.3) is 0 Å². The van der Waals surface area contributed by atoms with E-state index in [-0.39, 0.29) is 0 Å². The number of rotatable bonds is 0. The van der Waals surface area contributed by atoms with E-state index in [2.05, 4.69) is 35.9 Å². The molecule has 2 atom stereocenters. The van der Waals surface area contributed by atoms with Gasteiger partial charge in [-0.2, -0.15) is 25.3 Å². The SMILES string of the molecule is O=C1NC(S)C(S)NC1=O. The van der Waals surface area contributed by atoms with Gasteiger partial charge < -0.3 is 10.6 Å². The van der Waals surface area contributed by atoms with Crippen molar-refractivity contribution in [2.45, 2.75) is 10.7 Å². The molecule has 2 unspecified atom stereocenters. The molecule has 2 N–H and O–H groups in total. The summed E-state index contributed by atoms with van der Waals surface area (Å²) in [5.41, 5.74) is 0. The van der Waals surface area contributed by atoms with E-state index >= 15 is 0 Å². The molecule has 0 aromatic heterocycles. The lowest BCUT2D eigenvalue weighted by molar-refractivity contribution is -0.141. The largest absolute Gasteiger partial charge is 0.333 e. The summed E-state index contributed by atoms with van der Waals surface area (Å²) < 4.78 is 0. The Kier molecular flexibility index (Phi) is 2.10. The molecule has 0 spiro atoms. The fourth-order valence-electron chi connectivity index (χ4n) is 0.558. The minimum atomic E-state index is -0.662. The standard InChI is InChI=1S/C4H6N2O2S2/c7-1-2(8)6-4(10)3(9)5-1/h3-4,9-10H,(H,5,7)(H,6,8). The maximum absolute atomic E-state index is 10.5. The molecule has 1 rings (SSSR count). The van der Waals surface area contributed by atoms with Crippen molar-refractivity contribution in [2.75, 3.05) is 0 Å². The first kappa shape index (κ1) is 7.74. The molecule has 2 amide bonds. The van der Waals surface area contributed by atoms with Crippen molar-refractivity contribution in [3.63, 3.8) is 0 Å². The van der Waals surface area contributed by atoms with Gasteiger partial charge >= 0.3 is 11.8 Å². The van der Waals surface area contributed by atoms with Crippen LogP contribution >= 0.6 is 25.3 Å². The summed E-state index contributed by atoms with van der Waals surface area (Å²) in [5, 5.41) is 3.81. The zero-order valence-electron chi connectivity index (χ0n) is 4.87. The van der Waals surface area contributed by atoms with Gasteiger partial charge in [-0.3, -0.25) is 9.59 Å². The summed E-state index contributed by atoms with van der Waals surface area (Å²) in [6, 6.07) is 0. The van der Waals surface area contributed by atoms with Gasteiger partial charge in [0, 0.05) is 0 Å². The molecule has 1 aliphatic rings. The highest BCUT2D eigenvalue weighted by atomic mass is 32.1. The molecule has 1 fully saturated rings. The summed E-state index contributed by atoms with van der Waals surface area (Å²) in [6.45, 7) is 0. The Morgan fingerprint density at radius 1 is 1.00 bits per heavy atom. The summed E-state index contributed by atoms with van der Waals surface area (Å²) in [4.78, 5) is 21.1. The Morgan fingerprint density at radius 3 is 1.60 bits per heavy atom. The zero-order chi connectivity index (χ0) is 7.72. The number of piperazine rings is 1. The lowest BCUT2D eigenvalue weighted by Crippen LogP contribution is -2.57. The predicted molar refractivity (Wildman–Crippen MR) is 41.8 cm³/mol. The van der Waals surface area contributed by atoms with Gasteiger partial charge in [0.2, 0.25) is 0 Å². The van der Waals surface area contributed by atoms with Crippen molar-refractivity contribution < 1.29 is 9.59 Å². The molecule has 1 aliphatic heterocycles. The fourth-order valence-corrected chi connectivity index (χ4v) is 0.941. The minimum Gasteiger partial charge on any atom is -0.333 e. The van der Waals surface area contributed by atoms with Crippen LogP contribution in [0, 0.1) is 0 Å². The van der Waals surface area contributed by atoms with Gasteiger partial charge in [-0.25, -0.2) is 0 Å². The summed E-state index contributed by atoms with van der Waals surface area (Å²) >= 11 is 7.87. The quantitative estimate of drug-likeness (QED) is 0.276. The molecule has 4 nitrogen and oxygen atoms in total. The third-order valence-electron chi connectivity index (χ3n) is 1.06. The van der Waals surface area contributed by atoms with Crippen molar-refractivity contribution in [2.24, 2.45) is 0 Å². The van der Waals surface area contributed by atoms with Gasteiger partial charge in [-0.05, 0) is 0 Å². The Morgan fingerprint density at radius 2 is 1.30 bits per heavy atom. The monoisotopic (exact) mass is 178 g/mol. The summed E-state index contributed by atoms with van der Waals surface area (Å²) in [7, 11) is 0. The number of hydrogen-bond donors (Lipinski definition) is 4. The van der Waals surface area contributed by atoms with Gasteiger partial charge in [0.1, 0.15) is 10.7 Å². The van der Waals surface area contributed by atoms with Crippen LogP contribution in [0.2, 0.25) is 0 Å². The molecular weight excluding hydrogens is 172 g/mol. The van der Waals surface area contributed by atoms with Crippen molar-refractivity contribution in [3.05, 3.63) is 0 Å². The molecule has 0 aromatic carbocycles. The molecule has 1 saturated heterocycles. The van der Waals surface area contributed by atoms with E-state index in [9.17, 15) is 9.59 Å². The topological polar surface area (TPSA) is 58.2 Å². The molecule has 6 heteroatoms. The second-order valence-electron chi connectivity index (χ2n) is 1.84. The maximum Gasteiger partial charge on any atom is 0.310 e. The second kappa shape index (κ2) is 2.71. The number of carbonyl (C=O) groups excluding carboxylic acids is 2. The molecule has 56 valence electrons. The average molecular weight is 178 g/mol. The van der Waals surface area contributed by atoms with E-state index in [4.69, 9.17) is 0 Å². The van der Waals surface area contributed by atoms with E-state index in [1.807, 2.05) is 0 Å². The van der Waals surface area contributed by atoms with E-state index in [0.29, 0.717) is 0 Å². The minimum absolute atomic E-state index is 0.409. The molecule has 0 aliphatic carbocycles. The van der Waals surface area contributed by atoms with Crippen LogP contribution < -0.4 is 10.6 Å². The molecule has 0 aromatic rings. The first-order chi connectivity index (χ1) is 4.61. The van der Waals surface area contributed by atoms with Gasteiger partial charge in [0.05, 0.1) is 0 Å². The van der Waals surface area contributed by atoms with Gasteiger partial charge in [-0.1, -0.05) is 0 Å². The van der Waals surface area contributed by atoms with Crippen LogP contribution in [0.5, 0.6) is 0 Å². The lowest BCUT2D eigenvalue weighted by atomic mass is 10.4. The molecule has 10 heavy (non-hydrogen) atoms. The van der Waals surface area contributed by atoms with Crippen LogP contribution in [0.25, 0.3) is 0 Å². The van der Waals surface area contributed by atoms with E-state index < -0.39 is 22.6 Å². The Balaban J connectivity index is 2.63. The van der Waals surface area contributed by atoms with Gasteiger partial charge in [0.15, 0.2) is 0 Å². The first-order valence-electron chi connectivity index (χ1n) is 2.59. The van der Waals surface area contributed by atoms with Crippen LogP contribution in [-0.4, -0.2) is 22.6 Å².